The molecule has 4 N–H and O–H groups in total. The highest BCUT2D eigenvalue weighted by molar-refractivity contribution is 5.70. The molecular formula is C16H19FN4. The summed E-state index contributed by atoms with van der Waals surface area (Å²) in [4.78, 5) is 4.55. The first-order chi connectivity index (χ1) is 10.1. The van der Waals surface area contributed by atoms with Crippen LogP contribution in [-0.4, -0.2) is 26.2 Å². The van der Waals surface area contributed by atoms with Crippen LogP contribution >= 0.6 is 0 Å². The fourth-order valence-corrected chi connectivity index (χ4v) is 2.63. The van der Waals surface area contributed by atoms with Gasteiger partial charge in [0.25, 0.3) is 0 Å². The molecule has 0 atom stereocenters. The van der Waals surface area contributed by atoms with E-state index in [9.17, 15) is 4.39 Å². The molecule has 3 rings (SSSR count). The number of rotatable bonds is 2. The summed E-state index contributed by atoms with van der Waals surface area (Å²) in [6, 6.07) is 12.4. The van der Waals surface area contributed by atoms with Gasteiger partial charge in [-0.05, 0) is 42.5 Å². The van der Waals surface area contributed by atoms with Gasteiger partial charge in [0.1, 0.15) is 5.82 Å². The summed E-state index contributed by atoms with van der Waals surface area (Å²) in [7, 11) is 0. The molecule has 1 heterocycles. The minimum absolute atomic E-state index is 0.199. The molecule has 1 saturated heterocycles. The van der Waals surface area contributed by atoms with Crippen molar-refractivity contribution in [2.75, 3.05) is 47.4 Å². The van der Waals surface area contributed by atoms with E-state index in [1.165, 1.54) is 12.1 Å². The van der Waals surface area contributed by atoms with E-state index in [2.05, 4.69) is 9.80 Å². The maximum Gasteiger partial charge on any atom is 0.123 e. The quantitative estimate of drug-likeness (QED) is 0.832. The van der Waals surface area contributed by atoms with Gasteiger partial charge in [0.2, 0.25) is 0 Å². The number of nitrogens with two attached hydrogens (primary N) is 2. The second-order valence-corrected chi connectivity index (χ2v) is 5.26. The molecule has 0 radical (unpaired) electrons. The van der Waals surface area contributed by atoms with Crippen LogP contribution in [0.25, 0.3) is 0 Å². The van der Waals surface area contributed by atoms with E-state index >= 15 is 0 Å². The van der Waals surface area contributed by atoms with Gasteiger partial charge < -0.3 is 21.3 Å². The average Bonchev–Trinajstić information content (AvgIpc) is 2.51. The Balaban J connectivity index is 1.67. The van der Waals surface area contributed by atoms with Crippen LogP contribution in [0, 0.1) is 5.82 Å². The zero-order chi connectivity index (χ0) is 14.8. The van der Waals surface area contributed by atoms with Crippen molar-refractivity contribution >= 4 is 22.7 Å². The molecular weight excluding hydrogens is 267 g/mol. The zero-order valence-corrected chi connectivity index (χ0v) is 11.8. The highest BCUT2D eigenvalue weighted by Crippen LogP contribution is 2.25. The molecule has 1 aliphatic rings. The lowest BCUT2D eigenvalue weighted by Gasteiger charge is -2.37. The van der Waals surface area contributed by atoms with E-state index in [1.54, 1.807) is 0 Å². The Morgan fingerprint density at radius 3 is 1.81 bits per heavy atom. The van der Waals surface area contributed by atoms with Gasteiger partial charge in [-0.15, -0.1) is 0 Å². The topological polar surface area (TPSA) is 58.5 Å². The molecule has 110 valence electrons. The summed E-state index contributed by atoms with van der Waals surface area (Å²) in [6.07, 6.45) is 0. The number of nitrogen functional groups attached to an aromatic ring is 2. The minimum atomic E-state index is -0.199. The highest BCUT2D eigenvalue weighted by Gasteiger charge is 2.17. The third kappa shape index (κ3) is 2.86. The molecule has 1 aliphatic heterocycles. The predicted molar refractivity (Wildman–Crippen MR) is 86.1 cm³/mol. The van der Waals surface area contributed by atoms with Crippen LogP contribution in [0.2, 0.25) is 0 Å². The van der Waals surface area contributed by atoms with E-state index < -0.39 is 0 Å². The molecule has 4 nitrogen and oxygen atoms in total. The largest absolute Gasteiger partial charge is 0.397 e. The fourth-order valence-electron chi connectivity index (χ4n) is 2.63. The van der Waals surface area contributed by atoms with E-state index in [-0.39, 0.29) is 5.82 Å². The van der Waals surface area contributed by atoms with E-state index in [1.807, 2.05) is 30.3 Å². The molecule has 0 bridgehead atoms. The molecule has 0 unspecified atom stereocenters. The lowest BCUT2D eigenvalue weighted by Crippen LogP contribution is -2.46. The van der Waals surface area contributed by atoms with Crippen molar-refractivity contribution in [2.24, 2.45) is 0 Å². The van der Waals surface area contributed by atoms with Crippen molar-refractivity contribution in [3.8, 4) is 0 Å². The van der Waals surface area contributed by atoms with Crippen molar-refractivity contribution in [1.82, 2.24) is 0 Å². The van der Waals surface area contributed by atoms with Crippen LogP contribution in [-0.2, 0) is 0 Å². The normalized spacial score (nSPS) is 15.3. The zero-order valence-electron chi connectivity index (χ0n) is 11.8. The maximum absolute atomic E-state index is 13.0. The molecule has 2 aromatic carbocycles. The van der Waals surface area contributed by atoms with Gasteiger partial charge in [0.15, 0.2) is 0 Å². The van der Waals surface area contributed by atoms with Crippen molar-refractivity contribution in [3.63, 3.8) is 0 Å². The molecule has 1 fully saturated rings. The van der Waals surface area contributed by atoms with Crippen LogP contribution in [0.15, 0.2) is 42.5 Å². The third-order valence-corrected chi connectivity index (χ3v) is 3.91. The van der Waals surface area contributed by atoms with Crippen LogP contribution < -0.4 is 21.3 Å². The van der Waals surface area contributed by atoms with Gasteiger partial charge in [-0.1, -0.05) is 0 Å². The number of halogens is 1. The number of anilines is 4. The van der Waals surface area contributed by atoms with Gasteiger partial charge in [-0.2, -0.15) is 0 Å². The third-order valence-electron chi connectivity index (χ3n) is 3.91. The summed E-state index contributed by atoms with van der Waals surface area (Å²) in [5, 5.41) is 0. The molecule has 0 amide bonds. The molecule has 0 aliphatic carbocycles. The highest BCUT2D eigenvalue weighted by atomic mass is 19.1. The SMILES string of the molecule is Nc1ccc(N2CCN(c3ccc(F)cc3)CC2)cc1N. The van der Waals surface area contributed by atoms with Gasteiger partial charge in [0.05, 0.1) is 11.4 Å². The molecule has 5 heteroatoms. The summed E-state index contributed by atoms with van der Waals surface area (Å²) in [5.74, 6) is -0.199. The first kappa shape index (κ1) is 13.5. The first-order valence-corrected chi connectivity index (χ1v) is 7.04. The monoisotopic (exact) mass is 286 g/mol. The van der Waals surface area contributed by atoms with Crippen molar-refractivity contribution in [2.45, 2.75) is 0 Å². The predicted octanol–water partition coefficient (Wildman–Crippen LogP) is 2.32. The van der Waals surface area contributed by atoms with E-state index in [0.717, 1.165) is 37.6 Å². The second-order valence-electron chi connectivity index (χ2n) is 5.26. The van der Waals surface area contributed by atoms with Crippen LogP contribution in [0.5, 0.6) is 0 Å². The Morgan fingerprint density at radius 1 is 0.714 bits per heavy atom. The van der Waals surface area contributed by atoms with E-state index in [0.29, 0.717) is 11.4 Å². The number of benzene rings is 2. The smallest absolute Gasteiger partial charge is 0.123 e. The van der Waals surface area contributed by atoms with Crippen LogP contribution in [0.3, 0.4) is 0 Å². The Morgan fingerprint density at radius 2 is 1.24 bits per heavy atom. The molecule has 2 aromatic rings. The van der Waals surface area contributed by atoms with Crippen LogP contribution in [0.4, 0.5) is 27.1 Å². The van der Waals surface area contributed by atoms with Crippen LogP contribution in [0.1, 0.15) is 0 Å². The Labute approximate surface area is 123 Å². The van der Waals surface area contributed by atoms with E-state index in [4.69, 9.17) is 11.5 Å². The number of hydrogen-bond donors (Lipinski definition) is 2. The first-order valence-electron chi connectivity index (χ1n) is 7.04. The fraction of sp³-hybridized carbons (Fsp3) is 0.250. The van der Waals surface area contributed by atoms with Crippen molar-refractivity contribution in [3.05, 3.63) is 48.3 Å². The summed E-state index contributed by atoms with van der Waals surface area (Å²) >= 11 is 0. The Kier molecular flexibility index (Phi) is 3.56. The molecule has 0 aromatic heterocycles. The lowest BCUT2D eigenvalue weighted by atomic mass is 10.2. The molecule has 0 saturated carbocycles. The lowest BCUT2D eigenvalue weighted by molar-refractivity contribution is 0.625. The molecule has 0 spiro atoms. The molecule has 21 heavy (non-hydrogen) atoms. The summed E-state index contributed by atoms with van der Waals surface area (Å²) < 4.78 is 13.0. The van der Waals surface area contributed by atoms with Crippen molar-refractivity contribution in [1.29, 1.82) is 0 Å². The van der Waals surface area contributed by atoms with Gasteiger partial charge in [-0.25, -0.2) is 4.39 Å². The Bertz CT molecular complexity index is 619. The summed E-state index contributed by atoms with van der Waals surface area (Å²) in [5.41, 5.74) is 15.0. The maximum atomic E-state index is 13.0. The minimum Gasteiger partial charge on any atom is -0.397 e. The number of hydrogen-bond acceptors (Lipinski definition) is 4. The standard InChI is InChI=1S/C16H19FN4/c17-12-1-3-13(4-2-12)20-7-9-21(10-8-20)14-5-6-15(18)16(19)11-14/h1-6,11H,7-10,18-19H2. The van der Waals surface area contributed by atoms with Gasteiger partial charge in [-0.3, -0.25) is 0 Å². The second kappa shape index (κ2) is 5.52. The van der Waals surface area contributed by atoms with Gasteiger partial charge in [0, 0.05) is 37.6 Å². The number of piperazine rings is 1. The Hall–Kier alpha value is -2.43. The van der Waals surface area contributed by atoms with Gasteiger partial charge >= 0.3 is 0 Å². The van der Waals surface area contributed by atoms with Crippen molar-refractivity contribution < 1.29 is 4.39 Å². The average molecular weight is 286 g/mol. The number of nitrogens with zero attached hydrogens (tertiary/aromatic N) is 2. The summed E-state index contributed by atoms with van der Waals surface area (Å²) in [6.45, 7) is 3.60.